The van der Waals surface area contributed by atoms with Gasteiger partial charge < -0.3 is 25.2 Å². The maximum Gasteiger partial charge on any atom is 0.159 e. The highest BCUT2D eigenvalue weighted by molar-refractivity contribution is 5.95. The maximum atomic E-state index is 13.3. The van der Waals surface area contributed by atoms with E-state index in [1.807, 2.05) is 20.8 Å². The summed E-state index contributed by atoms with van der Waals surface area (Å²) >= 11 is 0. The second kappa shape index (κ2) is 7.38. The van der Waals surface area contributed by atoms with Crippen LogP contribution in [0.4, 0.5) is 0 Å². The standard InChI is InChI=1S/C28H44O6/c1-15(2)26(5,31)22-23(34-22)27(6,32)21-9-12-28(33)18-14-20(30)19-13-16(29)7-10-24(19,3)17(18)8-11-25(21,28)4/h14-17,19,21-23,29,31-33H,7-13H2,1-6H3/t16-,17-,19-,21-,22?,23?,24+,25+,26+,27+,28+/m0/s1. The summed E-state index contributed by atoms with van der Waals surface area (Å²) in [6.45, 7) is 11.8. The fourth-order valence-corrected chi connectivity index (χ4v) is 8.78. The number of aliphatic hydroxyl groups excluding tert-OH is 1. The Morgan fingerprint density at radius 2 is 1.71 bits per heavy atom. The van der Waals surface area contributed by atoms with Gasteiger partial charge in [0.15, 0.2) is 5.78 Å². The lowest BCUT2D eigenvalue weighted by atomic mass is 9.46. The quantitative estimate of drug-likeness (QED) is 0.464. The third-order valence-corrected chi connectivity index (χ3v) is 11.6. The van der Waals surface area contributed by atoms with Crippen LogP contribution in [-0.4, -0.2) is 61.3 Å². The van der Waals surface area contributed by atoms with Gasteiger partial charge in [-0.15, -0.1) is 0 Å². The highest BCUT2D eigenvalue weighted by Crippen LogP contribution is 2.69. The zero-order valence-corrected chi connectivity index (χ0v) is 21.7. The van der Waals surface area contributed by atoms with Crippen LogP contribution in [0.3, 0.4) is 0 Å². The predicted octanol–water partition coefficient (Wildman–Crippen LogP) is 3.15. The van der Waals surface area contributed by atoms with Crippen molar-refractivity contribution in [2.45, 2.75) is 122 Å². The van der Waals surface area contributed by atoms with Crippen molar-refractivity contribution in [3.8, 4) is 0 Å². The van der Waals surface area contributed by atoms with Crippen LogP contribution < -0.4 is 0 Å². The molecule has 0 radical (unpaired) electrons. The van der Waals surface area contributed by atoms with E-state index in [1.54, 1.807) is 13.0 Å². The largest absolute Gasteiger partial charge is 0.393 e. The van der Waals surface area contributed by atoms with E-state index in [-0.39, 0.29) is 34.9 Å². The van der Waals surface area contributed by atoms with Gasteiger partial charge in [0.25, 0.3) is 0 Å². The zero-order valence-electron chi connectivity index (χ0n) is 21.7. The molecule has 4 fully saturated rings. The number of ketones is 1. The number of ether oxygens (including phenoxy) is 1. The third-order valence-electron chi connectivity index (χ3n) is 11.6. The zero-order chi connectivity index (χ0) is 25.1. The number of hydrogen-bond donors (Lipinski definition) is 4. The van der Waals surface area contributed by atoms with Crippen molar-refractivity contribution < 1.29 is 30.0 Å². The van der Waals surface area contributed by atoms with E-state index in [4.69, 9.17) is 4.74 Å². The smallest absolute Gasteiger partial charge is 0.159 e. The fourth-order valence-electron chi connectivity index (χ4n) is 8.78. The van der Waals surface area contributed by atoms with Gasteiger partial charge in [-0.05, 0) is 93.6 Å². The van der Waals surface area contributed by atoms with Crippen LogP contribution in [0.2, 0.25) is 0 Å². The van der Waals surface area contributed by atoms with Crippen molar-refractivity contribution in [1.29, 1.82) is 0 Å². The maximum absolute atomic E-state index is 13.3. The first kappa shape index (κ1) is 24.9. The number of epoxide rings is 1. The molecule has 0 aromatic rings. The average molecular weight is 477 g/mol. The summed E-state index contributed by atoms with van der Waals surface area (Å²) in [7, 11) is 0. The molecule has 34 heavy (non-hydrogen) atoms. The van der Waals surface area contributed by atoms with Crippen LogP contribution in [0.25, 0.3) is 0 Å². The normalized spacial score (nSPS) is 51.6. The number of aliphatic hydroxyl groups is 4. The van der Waals surface area contributed by atoms with Gasteiger partial charge in [0.2, 0.25) is 0 Å². The number of rotatable bonds is 4. The van der Waals surface area contributed by atoms with Crippen molar-refractivity contribution in [2.24, 2.45) is 34.5 Å². The van der Waals surface area contributed by atoms with Crippen molar-refractivity contribution in [3.63, 3.8) is 0 Å². The Morgan fingerprint density at radius 1 is 1.03 bits per heavy atom. The molecule has 0 bridgehead atoms. The van der Waals surface area contributed by atoms with E-state index < -0.39 is 40.5 Å². The van der Waals surface area contributed by atoms with Gasteiger partial charge in [-0.3, -0.25) is 4.79 Å². The number of hydrogen-bond acceptors (Lipinski definition) is 6. The predicted molar refractivity (Wildman–Crippen MR) is 128 cm³/mol. The van der Waals surface area contributed by atoms with Crippen molar-refractivity contribution in [1.82, 2.24) is 0 Å². The molecule has 192 valence electrons. The van der Waals surface area contributed by atoms with Crippen LogP contribution in [0.15, 0.2) is 11.6 Å². The van der Waals surface area contributed by atoms with Crippen LogP contribution >= 0.6 is 0 Å². The van der Waals surface area contributed by atoms with Gasteiger partial charge in [-0.2, -0.15) is 0 Å². The number of carbonyl (C=O) groups is 1. The molecule has 2 unspecified atom stereocenters. The van der Waals surface area contributed by atoms with Crippen LogP contribution in [-0.2, 0) is 9.53 Å². The molecule has 5 aliphatic rings. The van der Waals surface area contributed by atoms with E-state index in [1.165, 1.54) is 0 Å². The summed E-state index contributed by atoms with van der Waals surface area (Å²) in [5.74, 6) is -0.239. The van der Waals surface area contributed by atoms with Crippen molar-refractivity contribution in [2.75, 3.05) is 0 Å². The van der Waals surface area contributed by atoms with E-state index >= 15 is 0 Å². The number of fused-ring (bicyclic) bond motifs is 5. The molecule has 0 aromatic carbocycles. The average Bonchev–Trinajstić information content (AvgIpc) is 3.50. The first-order chi connectivity index (χ1) is 15.6. The minimum atomic E-state index is -1.20. The van der Waals surface area contributed by atoms with Crippen molar-refractivity contribution >= 4 is 5.78 Å². The topological polar surface area (TPSA) is 111 Å². The minimum absolute atomic E-state index is 0.00839. The molecule has 3 saturated carbocycles. The Labute approximate surface area is 203 Å². The van der Waals surface area contributed by atoms with Gasteiger partial charge in [-0.25, -0.2) is 0 Å². The minimum Gasteiger partial charge on any atom is -0.393 e. The fraction of sp³-hybridized carbons (Fsp3) is 0.893. The molecule has 1 saturated heterocycles. The summed E-state index contributed by atoms with van der Waals surface area (Å²) in [5, 5.41) is 45.3. The van der Waals surface area contributed by atoms with Crippen LogP contribution in [0.5, 0.6) is 0 Å². The lowest BCUT2D eigenvalue weighted by molar-refractivity contribution is -0.152. The van der Waals surface area contributed by atoms with Crippen LogP contribution in [0.1, 0.15) is 86.5 Å². The molecule has 0 aromatic heterocycles. The van der Waals surface area contributed by atoms with Crippen LogP contribution in [0, 0.1) is 34.5 Å². The highest BCUT2D eigenvalue weighted by Gasteiger charge is 2.72. The third kappa shape index (κ3) is 3.08. The lowest BCUT2D eigenvalue weighted by Crippen LogP contribution is -2.61. The van der Waals surface area contributed by atoms with Gasteiger partial charge in [0.05, 0.1) is 22.9 Å². The summed E-state index contributed by atoms with van der Waals surface area (Å²) < 4.78 is 5.92. The first-order valence-corrected chi connectivity index (χ1v) is 13.4. The van der Waals surface area contributed by atoms with E-state index in [0.29, 0.717) is 25.7 Å². The molecule has 0 amide bonds. The Morgan fingerprint density at radius 3 is 2.35 bits per heavy atom. The Balaban J connectivity index is 1.47. The molecule has 6 nitrogen and oxygen atoms in total. The molecule has 6 heteroatoms. The molecule has 1 aliphatic heterocycles. The molecular formula is C28H44O6. The SMILES string of the molecule is CC(C)[C@@](C)(O)C1OC1[C@](C)(O)[C@H]1CC[C@@]2(O)C3=CC(=O)[C@@H]4C[C@@H](O)CC[C@]4(C)[C@H]3CC[C@]12C. The second-order valence-corrected chi connectivity index (χ2v) is 13.5. The first-order valence-electron chi connectivity index (χ1n) is 13.4. The Kier molecular flexibility index (Phi) is 5.40. The highest BCUT2D eigenvalue weighted by atomic mass is 16.6. The molecule has 0 spiro atoms. The number of carbonyl (C=O) groups excluding carboxylic acids is 1. The van der Waals surface area contributed by atoms with E-state index in [2.05, 4.69) is 13.8 Å². The summed E-state index contributed by atoms with van der Waals surface area (Å²) in [5.41, 5.74) is -3.33. The molecular weight excluding hydrogens is 432 g/mol. The van der Waals surface area contributed by atoms with E-state index in [9.17, 15) is 25.2 Å². The van der Waals surface area contributed by atoms with Gasteiger partial charge >= 0.3 is 0 Å². The lowest BCUT2D eigenvalue weighted by Gasteiger charge is -2.60. The number of allylic oxidation sites excluding steroid dienone is 1. The van der Waals surface area contributed by atoms with E-state index in [0.717, 1.165) is 24.8 Å². The van der Waals surface area contributed by atoms with Crippen molar-refractivity contribution in [3.05, 3.63) is 11.6 Å². The Bertz CT molecular complexity index is 907. The Hall–Kier alpha value is -0.790. The molecule has 1 heterocycles. The van der Waals surface area contributed by atoms with Gasteiger partial charge in [0, 0.05) is 11.3 Å². The molecule has 4 N–H and O–H groups in total. The summed E-state index contributed by atoms with van der Waals surface area (Å²) in [4.78, 5) is 13.3. The molecule has 4 aliphatic carbocycles. The summed E-state index contributed by atoms with van der Waals surface area (Å²) in [6.07, 6.45) is 5.19. The van der Waals surface area contributed by atoms with Gasteiger partial charge in [-0.1, -0.05) is 27.7 Å². The van der Waals surface area contributed by atoms with Gasteiger partial charge in [0.1, 0.15) is 12.2 Å². The second-order valence-electron chi connectivity index (χ2n) is 13.5. The molecule has 5 rings (SSSR count). The monoisotopic (exact) mass is 476 g/mol. The summed E-state index contributed by atoms with van der Waals surface area (Å²) in [6, 6.07) is 0. The molecule has 11 atom stereocenters.